The van der Waals surface area contributed by atoms with Crippen molar-refractivity contribution in [1.29, 1.82) is 0 Å². The van der Waals surface area contributed by atoms with Crippen molar-refractivity contribution in [2.45, 2.75) is 50.0 Å². The molecule has 0 aliphatic carbocycles. The number of hydrogen-bond acceptors (Lipinski definition) is 10. The molecule has 4 amide bonds. The molecule has 262 valence electrons. The van der Waals surface area contributed by atoms with E-state index in [1.807, 2.05) is 22.9 Å². The fourth-order valence-corrected chi connectivity index (χ4v) is 7.92. The first kappa shape index (κ1) is 34.3. The largest absolute Gasteiger partial charge is 0.436 e. The average molecular weight is 726 g/mol. The second-order valence-corrected chi connectivity index (χ2v) is 14.5. The lowest BCUT2D eigenvalue weighted by molar-refractivity contribution is -0.117. The number of aliphatic hydroxyl groups is 2. The highest BCUT2D eigenvalue weighted by molar-refractivity contribution is 7.12. The van der Waals surface area contributed by atoms with E-state index in [0.717, 1.165) is 5.56 Å². The van der Waals surface area contributed by atoms with E-state index in [2.05, 4.69) is 15.6 Å². The van der Waals surface area contributed by atoms with Crippen molar-refractivity contribution in [3.8, 4) is 22.8 Å². The quantitative estimate of drug-likeness (QED) is 0.150. The monoisotopic (exact) mass is 725 g/mol. The number of thiophene rings is 2. The first-order chi connectivity index (χ1) is 24.7. The average Bonchev–Trinajstić information content (AvgIpc) is 3.96. The molecule has 0 spiro atoms. The first-order valence-electron chi connectivity index (χ1n) is 16.5. The van der Waals surface area contributed by atoms with Gasteiger partial charge in [0.25, 0.3) is 11.8 Å². The third-order valence-corrected chi connectivity index (χ3v) is 10.7. The van der Waals surface area contributed by atoms with Crippen LogP contribution in [0.25, 0.3) is 22.8 Å². The predicted molar refractivity (Wildman–Crippen MR) is 193 cm³/mol. The number of likely N-dealkylation sites (tertiary alicyclic amines) is 2. The number of aromatic nitrogens is 1. The fraction of sp³-hybridized carbons (Fsp3) is 0.270. The van der Waals surface area contributed by atoms with Crippen LogP contribution < -0.4 is 10.6 Å². The summed E-state index contributed by atoms with van der Waals surface area (Å²) in [6, 6.07) is 20.5. The van der Waals surface area contributed by atoms with Crippen LogP contribution >= 0.6 is 22.7 Å². The van der Waals surface area contributed by atoms with Crippen molar-refractivity contribution in [3.63, 3.8) is 0 Å². The Morgan fingerprint density at radius 3 is 1.63 bits per heavy atom. The summed E-state index contributed by atoms with van der Waals surface area (Å²) in [5.74, 6) is 0.0621. The highest BCUT2D eigenvalue weighted by atomic mass is 32.1. The molecule has 0 radical (unpaired) electrons. The molecule has 0 bridgehead atoms. The van der Waals surface area contributed by atoms with Gasteiger partial charge in [0.1, 0.15) is 0 Å². The third kappa shape index (κ3) is 7.94. The van der Waals surface area contributed by atoms with Crippen LogP contribution in [-0.4, -0.2) is 86.0 Å². The van der Waals surface area contributed by atoms with Crippen LogP contribution in [0.5, 0.6) is 0 Å². The Labute approximate surface area is 301 Å². The standard InChI is InChI=1S/C37H35N5O7S2/c43-28-15-26(41(20-28)36(47)31-3-1-13-50-31)17-33(45)39-24-9-5-22(6-10-24)30-19-38-35(49-30)23-7-11-25(12-8-23)40-34(46)18-27-16-29(44)21-42(27)37(48)32-4-2-14-51-32/h1-14,19,26-29,43-44H,15-18,20-21H2,(H,39,45)(H,40,46)/t26-,27-,28+,29+/m0/s1. The van der Waals surface area contributed by atoms with Gasteiger partial charge in [-0.25, -0.2) is 4.98 Å². The molecule has 7 rings (SSSR count). The Hall–Kier alpha value is -5.15. The van der Waals surface area contributed by atoms with E-state index in [4.69, 9.17) is 4.42 Å². The maximum atomic E-state index is 12.9. The molecule has 51 heavy (non-hydrogen) atoms. The van der Waals surface area contributed by atoms with Crippen molar-refractivity contribution in [2.24, 2.45) is 0 Å². The summed E-state index contributed by atoms with van der Waals surface area (Å²) >= 11 is 2.67. The predicted octanol–water partition coefficient (Wildman–Crippen LogP) is 5.34. The first-order valence-corrected chi connectivity index (χ1v) is 18.3. The third-order valence-electron chi connectivity index (χ3n) is 8.99. The van der Waals surface area contributed by atoms with Gasteiger partial charge in [-0.1, -0.05) is 12.1 Å². The van der Waals surface area contributed by atoms with Gasteiger partial charge in [-0.3, -0.25) is 19.2 Å². The summed E-state index contributed by atoms with van der Waals surface area (Å²) in [5.41, 5.74) is 2.62. The molecule has 5 heterocycles. The van der Waals surface area contributed by atoms with Crippen LogP contribution in [0.15, 0.2) is 94.2 Å². The van der Waals surface area contributed by atoms with Crippen molar-refractivity contribution in [3.05, 3.63) is 99.5 Å². The number of rotatable bonds is 10. The zero-order valence-electron chi connectivity index (χ0n) is 27.3. The van der Waals surface area contributed by atoms with E-state index in [1.165, 1.54) is 22.7 Å². The molecule has 0 unspecified atom stereocenters. The minimum atomic E-state index is -0.666. The molecule has 2 aliphatic rings. The van der Waals surface area contributed by atoms with Gasteiger partial charge in [0.05, 0.1) is 28.2 Å². The van der Waals surface area contributed by atoms with Crippen LogP contribution in [0, 0.1) is 0 Å². The lowest BCUT2D eigenvalue weighted by Gasteiger charge is -2.23. The molecule has 12 nitrogen and oxygen atoms in total. The highest BCUT2D eigenvalue weighted by Crippen LogP contribution is 2.30. The number of benzene rings is 2. The van der Waals surface area contributed by atoms with E-state index < -0.39 is 24.3 Å². The Morgan fingerprint density at radius 2 is 1.18 bits per heavy atom. The molecule has 0 saturated carbocycles. The van der Waals surface area contributed by atoms with Crippen molar-refractivity contribution in [2.75, 3.05) is 23.7 Å². The number of β-amino-alcohol motifs (C(OH)–C–C–N with tert-alkyl or cyclic N) is 2. The summed E-state index contributed by atoms with van der Waals surface area (Å²) in [7, 11) is 0. The zero-order valence-corrected chi connectivity index (χ0v) is 28.9. The van der Waals surface area contributed by atoms with Gasteiger partial charge in [-0.15, -0.1) is 22.7 Å². The molecule has 2 saturated heterocycles. The van der Waals surface area contributed by atoms with Crippen LogP contribution in [0.4, 0.5) is 11.4 Å². The number of hydrogen-bond donors (Lipinski definition) is 4. The van der Waals surface area contributed by atoms with Crippen LogP contribution in [0.3, 0.4) is 0 Å². The molecule has 3 aromatic heterocycles. The Bertz CT molecular complexity index is 1850. The SMILES string of the molecule is O=C(C[C@@H]1C[C@@H](O)CN1C(=O)c1cccs1)Nc1ccc(-c2cnc(-c3ccc(NC(=O)C[C@@H]4C[C@@H](O)CN4C(=O)c4cccs4)cc3)o2)cc1. The topological polar surface area (TPSA) is 165 Å². The minimum absolute atomic E-state index is 0.0712. The van der Waals surface area contributed by atoms with E-state index in [0.29, 0.717) is 51.2 Å². The molecule has 2 fully saturated rings. The zero-order chi connectivity index (χ0) is 35.5. The van der Waals surface area contributed by atoms with Gasteiger partial charge in [-0.2, -0.15) is 0 Å². The summed E-state index contributed by atoms with van der Waals surface area (Å²) in [4.78, 5) is 60.3. The van der Waals surface area contributed by atoms with Gasteiger partial charge in [0.15, 0.2) is 5.76 Å². The van der Waals surface area contributed by atoms with Gasteiger partial charge in [0.2, 0.25) is 17.7 Å². The van der Waals surface area contributed by atoms with E-state index in [-0.39, 0.29) is 49.6 Å². The second kappa shape index (κ2) is 15.0. The number of carbonyl (C=O) groups is 4. The lowest BCUT2D eigenvalue weighted by Crippen LogP contribution is -2.37. The molecular weight excluding hydrogens is 691 g/mol. The number of oxazole rings is 1. The second-order valence-electron chi connectivity index (χ2n) is 12.6. The number of nitrogens with one attached hydrogen (secondary N) is 2. The minimum Gasteiger partial charge on any atom is -0.436 e. The molecular formula is C37H35N5O7S2. The maximum absolute atomic E-state index is 12.9. The molecule has 14 heteroatoms. The fourth-order valence-electron chi connectivity index (χ4n) is 6.56. The number of anilines is 2. The van der Waals surface area contributed by atoms with E-state index >= 15 is 0 Å². The van der Waals surface area contributed by atoms with Gasteiger partial charge < -0.3 is 35.1 Å². The van der Waals surface area contributed by atoms with Crippen LogP contribution in [0.2, 0.25) is 0 Å². The number of carbonyl (C=O) groups excluding carboxylic acids is 4. The summed E-state index contributed by atoms with van der Waals surface area (Å²) in [6.07, 6.45) is 1.12. The molecule has 2 aromatic carbocycles. The normalized spacial score (nSPS) is 20.0. The number of aliphatic hydroxyl groups excluding tert-OH is 2. The number of nitrogens with zero attached hydrogens (tertiary/aromatic N) is 3. The Balaban J connectivity index is 0.916. The Morgan fingerprint density at radius 1 is 0.706 bits per heavy atom. The van der Waals surface area contributed by atoms with Crippen LogP contribution in [-0.2, 0) is 9.59 Å². The molecule has 4 atom stereocenters. The van der Waals surface area contributed by atoms with Gasteiger partial charge in [0, 0.05) is 60.5 Å². The highest BCUT2D eigenvalue weighted by Gasteiger charge is 2.37. The maximum Gasteiger partial charge on any atom is 0.264 e. The smallest absolute Gasteiger partial charge is 0.264 e. The molecule has 2 aliphatic heterocycles. The van der Waals surface area contributed by atoms with Crippen molar-refractivity contribution in [1.82, 2.24) is 14.8 Å². The lowest BCUT2D eigenvalue weighted by atomic mass is 10.1. The summed E-state index contributed by atoms with van der Waals surface area (Å²) < 4.78 is 6.02. The van der Waals surface area contributed by atoms with Crippen molar-refractivity contribution < 1.29 is 33.8 Å². The van der Waals surface area contributed by atoms with Gasteiger partial charge >= 0.3 is 0 Å². The molecule has 4 N–H and O–H groups in total. The summed E-state index contributed by atoms with van der Waals surface area (Å²) in [5, 5.41) is 29.8. The van der Waals surface area contributed by atoms with E-state index in [1.54, 1.807) is 76.7 Å². The van der Waals surface area contributed by atoms with Gasteiger partial charge in [-0.05, 0) is 84.3 Å². The van der Waals surface area contributed by atoms with E-state index in [9.17, 15) is 29.4 Å². The van der Waals surface area contributed by atoms with Crippen molar-refractivity contribution >= 4 is 57.7 Å². The summed E-state index contributed by atoms with van der Waals surface area (Å²) in [6.45, 7) is 0.408. The van der Waals surface area contributed by atoms with Crippen LogP contribution in [0.1, 0.15) is 45.0 Å². The molecule has 5 aromatic rings. The Kier molecular flexibility index (Phi) is 10.1. The number of amides is 4.